The van der Waals surface area contributed by atoms with Crippen LogP contribution >= 0.6 is 0 Å². The molecule has 0 aliphatic carbocycles. The molecule has 0 spiro atoms. The van der Waals surface area contributed by atoms with Crippen molar-refractivity contribution in [1.29, 1.82) is 5.26 Å². The van der Waals surface area contributed by atoms with Crippen LogP contribution in [0.1, 0.15) is 57.7 Å². The van der Waals surface area contributed by atoms with Gasteiger partial charge < -0.3 is 10.1 Å². The second-order valence-electron chi connectivity index (χ2n) is 7.33. The average Bonchev–Trinajstić information content (AvgIpc) is 2.58. The van der Waals surface area contributed by atoms with Gasteiger partial charge in [0.15, 0.2) is 0 Å². The Bertz CT molecular complexity index is 677. The number of amides is 1. The normalized spacial score (nSPS) is 12.3. The number of nitrogens with one attached hydrogen (secondary N) is 1. The number of nitriles is 1. The van der Waals surface area contributed by atoms with Gasteiger partial charge in [-0.3, -0.25) is 4.90 Å². The van der Waals surface area contributed by atoms with Crippen LogP contribution in [-0.2, 0) is 4.74 Å². The summed E-state index contributed by atoms with van der Waals surface area (Å²) in [5, 5.41) is 11.8. The SMILES string of the molecule is C=CCC(c1cccc(C#N)c1F)N(CCC)CCNC(=O)OC(C)(C)C. The van der Waals surface area contributed by atoms with Crippen molar-refractivity contribution >= 4 is 6.09 Å². The van der Waals surface area contributed by atoms with Crippen molar-refractivity contribution in [2.24, 2.45) is 0 Å². The zero-order chi connectivity index (χ0) is 20.4. The Morgan fingerprint density at radius 3 is 2.70 bits per heavy atom. The van der Waals surface area contributed by atoms with Gasteiger partial charge in [-0.25, -0.2) is 9.18 Å². The fourth-order valence-corrected chi connectivity index (χ4v) is 2.85. The fourth-order valence-electron chi connectivity index (χ4n) is 2.85. The first-order chi connectivity index (χ1) is 12.7. The first-order valence-electron chi connectivity index (χ1n) is 9.23. The molecular weight excluding hydrogens is 345 g/mol. The van der Waals surface area contributed by atoms with E-state index in [1.54, 1.807) is 39.0 Å². The predicted octanol–water partition coefficient (Wildman–Crippen LogP) is 4.55. The number of carbonyl (C=O) groups excluding carboxylic acids is 1. The maximum atomic E-state index is 14.7. The van der Waals surface area contributed by atoms with Crippen LogP contribution in [0.5, 0.6) is 0 Å². The lowest BCUT2D eigenvalue weighted by atomic mass is 9.98. The third kappa shape index (κ3) is 7.40. The quantitative estimate of drug-likeness (QED) is 0.643. The first-order valence-corrected chi connectivity index (χ1v) is 9.23. The number of nitrogens with zero attached hydrogens (tertiary/aromatic N) is 2. The van der Waals surface area contributed by atoms with E-state index in [-0.39, 0.29) is 11.6 Å². The Kier molecular flexibility index (Phi) is 8.96. The van der Waals surface area contributed by atoms with Gasteiger partial charge in [0, 0.05) is 24.7 Å². The lowest BCUT2D eigenvalue weighted by molar-refractivity contribution is 0.0518. The van der Waals surface area contributed by atoms with E-state index in [2.05, 4.69) is 16.8 Å². The van der Waals surface area contributed by atoms with Crippen molar-refractivity contribution in [2.45, 2.75) is 52.2 Å². The molecule has 0 aliphatic heterocycles. The van der Waals surface area contributed by atoms with Crippen LogP contribution in [-0.4, -0.2) is 36.2 Å². The number of hydrogen-bond donors (Lipinski definition) is 1. The van der Waals surface area contributed by atoms with Crippen molar-refractivity contribution in [3.05, 3.63) is 47.8 Å². The van der Waals surface area contributed by atoms with E-state index in [9.17, 15) is 9.18 Å². The summed E-state index contributed by atoms with van der Waals surface area (Å²) in [7, 11) is 0. The van der Waals surface area contributed by atoms with Crippen molar-refractivity contribution in [2.75, 3.05) is 19.6 Å². The summed E-state index contributed by atoms with van der Waals surface area (Å²) >= 11 is 0. The molecule has 0 aliphatic rings. The zero-order valence-corrected chi connectivity index (χ0v) is 16.7. The molecule has 0 bridgehead atoms. The molecule has 1 N–H and O–H groups in total. The van der Waals surface area contributed by atoms with E-state index in [0.717, 1.165) is 13.0 Å². The molecule has 0 heterocycles. The molecule has 0 saturated carbocycles. The van der Waals surface area contributed by atoms with Crippen LogP contribution in [0.25, 0.3) is 0 Å². The molecule has 1 rings (SSSR count). The van der Waals surface area contributed by atoms with E-state index in [1.165, 1.54) is 6.07 Å². The highest BCUT2D eigenvalue weighted by atomic mass is 19.1. The molecule has 0 aromatic heterocycles. The van der Waals surface area contributed by atoms with Gasteiger partial charge >= 0.3 is 6.09 Å². The van der Waals surface area contributed by atoms with Gasteiger partial charge in [0.2, 0.25) is 0 Å². The summed E-state index contributed by atoms with van der Waals surface area (Å²) < 4.78 is 20.0. The molecule has 148 valence electrons. The Morgan fingerprint density at radius 2 is 2.15 bits per heavy atom. The van der Waals surface area contributed by atoms with Gasteiger partial charge in [0.25, 0.3) is 0 Å². The van der Waals surface area contributed by atoms with Crippen LogP contribution in [0.4, 0.5) is 9.18 Å². The Labute approximate surface area is 161 Å². The third-order valence-corrected chi connectivity index (χ3v) is 3.92. The molecule has 0 fully saturated rings. The van der Waals surface area contributed by atoms with Gasteiger partial charge in [-0.2, -0.15) is 5.26 Å². The van der Waals surface area contributed by atoms with E-state index >= 15 is 0 Å². The highest BCUT2D eigenvalue weighted by Crippen LogP contribution is 2.28. The highest BCUT2D eigenvalue weighted by Gasteiger charge is 2.23. The zero-order valence-electron chi connectivity index (χ0n) is 16.7. The number of halogens is 1. The minimum Gasteiger partial charge on any atom is -0.444 e. The molecule has 1 aromatic carbocycles. The summed E-state index contributed by atoms with van der Waals surface area (Å²) in [5.41, 5.74) is -0.0519. The maximum absolute atomic E-state index is 14.7. The lowest BCUT2D eigenvalue weighted by Gasteiger charge is -2.32. The Balaban J connectivity index is 2.92. The summed E-state index contributed by atoms with van der Waals surface area (Å²) in [4.78, 5) is 13.9. The van der Waals surface area contributed by atoms with Gasteiger partial charge in [0.05, 0.1) is 5.56 Å². The molecular formula is C21H30FN3O2. The minimum absolute atomic E-state index is 0.0323. The Morgan fingerprint density at radius 1 is 1.44 bits per heavy atom. The number of alkyl carbamates (subject to hydrolysis) is 1. The van der Waals surface area contributed by atoms with E-state index in [4.69, 9.17) is 10.00 Å². The lowest BCUT2D eigenvalue weighted by Crippen LogP contribution is -2.39. The largest absolute Gasteiger partial charge is 0.444 e. The van der Waals surface area contributed by atoms with Crippen molar-refractivity contribution < 1.29 is 13.9 Å². The van der Waals surface area contributed by atoms with Gasteiger partial charge in [-0.15, -0.1) is 6.58 Å². The smallest absolute Gasteiger partial charge is 0.407 e. The monoisotopic (exact) mass is 375 g/mol. The van der Waals surface area contributed by atoms with Gasteiger partial charge in [-0.05, 0) is 46.2 Å². The van der Waals surface area contributed by atoms with E-state index in [1.807, 2.05) is 13.0 Å². The second kappa shape index (κ2) is 10.7. The van der Waals surface area contributed by atoms with Gasteiger partial charge in [-0.1, -0.05) is 25.1 Å². The number of ether oxygens (including phenoxy) is 1. The van der Waals surface area contributed by atoms with E-state index < -0.39 is 17.5 Å². The van der Waals surface area contributed by atoms with Crippen LogP contribution in [0.3, 0.4) is 0 Å². The molecule has 1 aromatic rings. The summed E-state index contributed by atoms with van der Waals surface area (Å²) in [6, 6.07) is 6.50. The number of benzene rings is 1. The number of carbonyl (C=O) groups is 1. The second-order valence-corrected chi connectivity index (χ2v) is 7.33. The number of hydrogen-bond acceptors (Lipinski definition) is 4. The van der Waals surface area contributed by atoms with Crippen molar-refractivity contribution in [3.8, 4) is 6.07 Å². The molecule has 1 atom stereocenters. The maximum Gasteiger partial charge on any atom is 0.407 e. The molecule has 0 saturated heterocycles. The molecule has 1 amide bonds. The highest BCUT2D eigenvalue weighted by molar-refractivity contribution is 5.67. The first kappa shape index (κ1) is 22.7. The van der Waals surface area contributed by atoms with Crippen LogP contribution in [0.15, 0.2) is 30.9 Å². The minimum atomic E-state index is -0.556. The van der Waals surface area contributed by atoms with Crippen LogP contribution in [0, 0.1) is 17.1 Å². The van der Waals surface area contributed by atoms with Crippen molar-refractivity contribution in [3.63, 3.8) is 0 Å². The molecule has 5 nitrogen and oxygen atoms in total. The predicted molar refractivity (Wildman–Crippen MR) is 105 cm³/mol. The number of rotatable bonds is 9. The molecule has 1 unspecified atom stereocenters. The Hall–Kier alpha value is -2.39. The molecule has 6 heteroatoms. The standard InChI is InChI=1S/C21H30FN3O2/c1-6-9-18(17-11-8-10-16(15-23)19(17)22)25(13-7-2)14-12-24-20(26)27-21(3,4)5/h6,8,10-11,18H,1,7,9,12-14H2,2-5H3,(H,24,26). The van der Waals surface area contributed by atoms with Crippen LogP contribution in [0.2, 0.25) is 0 Å². The van der Waals surface area contributed by atoms with Crippen molar-refractivity contribution in [1.82, 2.24) is 10.2 Å². The average molecular weight is 375 g/mol. The van der Waals surface area contributed by atoms with E-state index in [0.29, 0.717) is 25.1 Å². The summed E-state index contributed by atoms with van der Waals surface area (Å²) in [6.45, 7) is 12.9. The van der Waals surface area contributed by atoms with Gasteiger partial charge in [0.1, 0.15) is 17.5 Å². The van der Waals surface area contributed by atoms with Crippen LogP contribution < -0.4 is 5.32 Å². The summed E-state index contributed by atoms with van der Waals surface area (Å²) in [6.07, 6.45) is 2.68. The summed E-state index contributed by atoms with van der Waals surface area (Å²) in [5.74, 6) is -0.493. The topological polar surface area (TPSA) is 65.4 Å². The molecule has 0 radical (unpaired) electrons. The fraction of sp³-hybridized carbons (Fsp3) is 0.524. The third-order valence-electron chi connectivity index (χ3n) is 3.92. The molecule has 27 heavy (non-hydrogen) atoms.